The molecule has 4 amide bonds. The Morgan fingerprint density at radius 3 is 2.35 bits per heavy atom. The highest BCUT2D eigenvalue weighted by atomic mass is 16.6. The Morgan fingerprint density at radius 1 is 0.892 bits per heavy atom. The average Bonchev–Trinajstić information content (AvgIpc) is 3.37. The molecule has 3 aromatic carbocycles. The highest BCUT2D eigenvalue weighted by Gasteiger charge is 2.43. The fourth-order valence-electron chi connectivity index (χ4n) is 4.18. The van der Waals surface area contributed by atoms with Gasteiger partial charge in [0, 0.05) is 31.9 Å². The van der Waals surface area contributed by atoms with Gasteiger partial charge in [0.1, 0.15) is 6.61 Å². The molecule has 0 aromatic heterocycles. The minimum atomic E-state index is -1.16. The zero-order valence-corrected chi connectivity index (χ0v) is 20.7. The third kappa shape index (κ3) is 6.65. The van der Waals surface area contributed by atoms with Crippen LogP contribution < -0.4 is 16.4 Å². The average molecular weight is 502 g/mol. The van der Waals surface area contributed by atoms with Gasteiger partial charge in [-0.3, -0.25) is 14.6 Å². The van der Waals surface area contributed by atoms with Crippen molar-refractivity contribution in [2.75, 3.05) is 18.4 Å². The van der Waals surface area contributed by atoms with E-state index in [4.69, 9.17) is 10.5 Å². The van der Waals surface area contributed by atoms with E-state index in [0.29, 0.717) is 12.2 Å². The zero-order chi connectivity index (χ0) is 26.2. The maximum Gasteiger partial charge on any atom is 0.412 e. The zero-order valence-electron chi connectivity index (χ0n) is 20.7. The Bertz CT molecular complexity index is 1250. The van der Waals surface area contributed by atoms with Gasteiger partial charge in [-0.15, -0.1) is 0 Å². The van der Waals surface area contributed by atoms with Crippen LogP contribution in [0.1, 0.15) is 22.3 Å². The number of ether oxygens (including phenoxy) is 1. The van der Waals surface area contributed by atoms with Gasteiger partial charge in [0.25, 0.3) is 5.91 Å². The summed E-state index contributed by atoms with van der Waals surface area (Å²) in [5, 5.41) is 5.69. The van der Waals surface area contributed by atoms with Gasteiger partial charge in [0.2, 0.25) is 0 Å². The molecule has 0 radical (unpaired) electrons. The largest absolute Gasteiger partial charge is 0.444 e. The van der Waals surface area contributed by atoms with Gasteiger partial charge in [0.05, 0.1) is 0 Å². The van der Waals surface area contributed by atoms with Crippen LogP contribution in [0.15, 0.2) is 78.9 Å². The van der Waals surface area contributed by atoms with E-state index in [1.165, 1.54) is 9.80 Å². The predicted octanol–water partition coefficient (Wildman–Crippen LogP) is 3.58. The van der Waals surface area contributed by atoms with Crippen molar-refractivity contribution in [1.82, 2.24) is 15.1 Å². The maximum absolute atomic E-state index is 13.4. The summed E-state index contributed by atoms with van der Waals surface area (Å²) in [4.78, 5) is 42.2. The Balaban J connectivity index is 1.49. The van der Waals surface area contributed by atoms with Crippen LogP contribution in [0.4, 0.5) is 15.3 Å². The Morgan fingerprint density at radius 2 is 1.59 bits per heavy atom. The van der Waals surface area contributed by atoms with Crippen molar-refractivity contribution in [3.8, 4) is 0 Å². The van der Waals surface area contributed by atoms with Crippen LogP contribution in [-0.2, 0) is 29.2 Å². The lowest BCUT2D eigenvalue weighted by molar-refractivity contribution is -0.128. The summed E-state index contributed by atoms with van der Waals surface area (Å²) in [7, 11) is 0. The number of amides is 4. The molecule has 4 rings (SSSR count). The van der Waals surface area contributed by atoms with Crippen LogP contribution in [0.2, 0.25) is 0 Å². The molecule has 4 N–H and O–H groups in total. The number of rotatable bonds is 7. The second-order valence-corrected chi connectivity index (χ2v) is 8.84. The standard InChI is InChI=1S/C28H31N5O4/c1-20-7-5-12-24(15-20)31-27(35)32-13-14-33(28(36)37-19-21-8-3-2-4-9-21)26(32)25(34)30-18-23-11-6-10-22(16-23)17-29/h2-12,15-16,26H,13-14,17-19,29H2,1H3,(H,30,34)(H,31,35). The quantitative estimate of drug-likeness (QED) is 0.458. The summed E-state index contributed by atoms with van der Waals surface area (Å²) < 4.78 is 5.48. The third-order valence-electron chi connectivity index (χ3n) is 6.07. The van der Waals surface area contributed by atoms with Crippen molar-refractivity contribution in [2.45, 2.75) is 32.8 Å². The van der Waals surface area contributed by atoms with Gasteiger partial charge in [-0.05, 0) is 41.3 Å². The molecule has 9 nitrogen and oxygen atoms in total. The van der Waals surface area contributed by atoms with Crippen molar-refractivity contribution in [2.24, 2.45) is 5.73 Å². The summed E-state index contributed by atoms with van der Waals surface area (Å²) in [5.41, 5.74) is 9.94. The molecule has 1 atom stereocenters. The fraction of sp³-hybridized carbons (Fsp3) is 0.250. The first-order valence-electron chi connectivity index (χ1n) is 12.1. The van der Waals surface area contributed by atoms with Crippen molar-refractivity contribution < 1.29 is 19.1 Å². The van der Waals surface area contributed by atoms with Crippen LogP contribution in [-0.4, -0.2) is 47.1 Å². The lowest BCUT2D eigenvalue weighted by Crippen LogP contribution is -2.54. The van der Waals surface area contributed by atoms with Gasteiger partial charge in [-0.2, -0.15) is 0 Å². The minimum absolute atomic E-state index is 0.0614. The second-order valence-electron chi connectivity index (χ2n) is 8.84. The van der Waals surface area contributed by atoms with Crippen molar-refractivity contribution in [1.29, 1.82) is 0 Å². The molecule has 1 heterocycles. The molecule has 0 spiro atoms. The Kier molecular flexibility index (Phi) is 8.37. The van der Waals surface area contributed by atoms with E-state index >= 15 is 0 Å². The Hall–Kier alpha value is -4.37. The first-order chi connectivity index (χ1) is 17.9. The number of nitrogens with two attached hydrogens (primary N) is 1. The molecular formula is C28H31N5O4. The molecule has 0 aliphatic carbocycles. The van der Waals surface area contributed by atoms with Crippen LogP contribution in [0.3, 0.4) is 0 Å². The number of nitrogens with zero attached hydrogens (tertiary/aromatic N) is 2. The van der Waals surface area contributed by atoms with Crippen LogP contribution in [0.5, 0.6) is 0 Å². The summed E-state index contributed by atoms with van der Waals surface area (Å²) in [6.45, 7) is 2.94. The van der Waals surface area contributed by atoms with Gasteiger partial charge < -0.3 is 21.1 Å². The number of hydrogen-bond acceptors (Lipinski definition) is 5. The maximum atomic E-state index is 13.4. The highest BCUT2D eigenvalue weighted by molar-refractivity contribution is 5.95. The normalized spacial score (nSPS) is 14.8. The third-order valence-corrected chi connectivity index (χ3v) is 6.07. The van der Waals surface area contributed by atoms with E-state index in [9.17, 15) is 14.4 Å². The molecule has 1 saturated heterocycles. The molecule has 3 aromatic rings. The van der Waals surface area contributed by atoms with Gasteiger partial charge in [-0.1, -0.05) is 66.7 Å². The van der Waals surface area contributed by atoms with Gasteiger partial charge in [0.15, 0.2) is 6.17 Å². The smallest absolute Gasteiger partial charge is 0.412 e. The lowest BCUT2D eigenvalue weighted by Gasteiger charge is -2.28. The molecule has 0 saturated carbocycles. The van der Waals surface area contributed by atoms with Crippen LogP contribution in [0, 0.1) is 6.92 Å². The van der Waals surface area contributed by atoms with E-state index in [2.05, 4.69) is 10.6 Å². The highest BCUT2D eigenvalue weighted by Crippen LogP contribution is 2.20. The van der Waals surface area contributed by atoms with E-state index < -0.39 is 24.2 Å². The summed E-state index contributed by atoms with van der Waals surface area (Å²) in [6.07, 6.45) is -1.83. The predicted molar refractivity (Wildman–Crippen MR) is 140 cm³/mol. The monoisotopic (exact) mass is 501 g/mol. The number of anilines is 1. The van der Waals surface area contributed by atoms with E-state index in [-0.39, 0.29) is 26.2 Å². The Labute approximate surface area is 216 Å². The molecule has 1 unspecified atom stereocenters. The van der Waals surface area contributed by atoms with Gasteiger partial charge >= 0.3 is 12.1 Å². The number of aryl methyl sites for hydroxylation is 1. The van der Waals surface area contributed by atoms with Crippen LogP contribution >= 0.6 is 0 Å². The van der Waals surface area contributed by atoms with Crippen molar-refractivity contribution in [3.05, 3.63) is 101 Å². The van der Waals surface area contributed by atoms with E-state index in [0.717, 1.165) is 22.3 Å². The lowest BCUT2D eigenvalue weighted by atomic mass is 10.1. The molecule has 37 heavy (non-hydrogen) atoms. The fourth-order valence-corrected chi connectivity index (χ4v) is 4.18. The first kappa shape index (κ1) is 25.7. The molecule has 9 heteroatoms. The van der Waals surface area contributed by atoms with Crippen molar-refractivity contribution in [3.63, 3.8) is 0 Å². The molecule has 1 aliphatic heterocycles. The molecule has 0 bridgehead atoms. The molecule has 1 aliphatic rings. The number of urea groups is 1. The first-order valence-corrected chi connectivity index (χ1v) is 12.1. The van der Waals surface area contributed by atoms with E-state index in [1.54, 1.807) is 6.07 Å². The minimum Gasteiger partial charge on any atom is -0.444 e. The van der Waals surface area contributed by atoms with Crippen LogP contribution in [0.25, 0.3) is 0 Å². The van der Waals surface area contributed by atoms with Crippen molar-refractivity contribution >= 4 is 23.7 Å². The number of carbonyl (C=O) groups excluding carboxylic acids is 3. The number of nitrogens with one attached hydrogen (secondary N) is 2. The SMILES string of the molecule is Cc1cccc(NC(=O)N2CCN(C(=O)OCc3ccccc3)C2C(=O)NCc2cccc(CN)c2)c1. The summed E-state index contributed by atoms with van der Waals surface area (Å²) >= 11 is 0. The topological polar surface area (TPSA) is 117 Å². The summed E-state index contributed by atoms with van der Waals surface area (Å²) in [5.74, 6) is -0.480. The number of benzene rings is 3. The summed E-state index contributed by atoms with van der Waals surface area (Å²) in [6, 6.07) is 23.7. The van der Waals surface area contributed by atoms with Gasteiger partial charge in [-0.25, -0.2) is 9.59 Å². The number of carbonyl (C=O) groups is 3. The van der Waals surface area contributed by atoms with E-state index in [1.807, 2.05) is 79.7 Å². The molecular weight excluding hydrogens is 470 g/mol. The number of hydrogen-bond donors (Lipinski definition) is 3. The molecule has 192 valence electrons. The molecule has 1 fully saturated rings. The second kappa shape index (κ2) is 12.0.